The highest BCUT2D eigenvalue weighted by Crippen LogP contribution is 2.16. The molecule has 0 aliphatic heterocycles. The van der Waals surface area contributed by atoms with E-state index in [1.807, 2.05) is 16.8 Å². The van der Waals surface area contributed by atoms with Crippen LogP contribution < -0.4 is 5.32 Å². The Bertz CT molecular complexity index is 475. The minimum atomic E-state index is 0.320. The Labute approximate surface area is 95.7 Å². The third-order valence-electron chi connectivity index (χ3n) is 2.86. The van der Waals surface area contributed by atoms with Crippen molar-refractivity contribution in [1.82, 2.24) is 19.9 Å². The van der Waals surface area contributed by atoms with Gasteiger partial charge >= 0.3 is 0 Å². The lowest BCUT2D eigenvalue weighted by Gasteiger charge is -2.16. The van der Waals surface area contributed by atoms with Crippen molar-refractivity contribution in [2.45, 2.75) is 33.2 Å². The smallest absolute Gasteiger partial charge is 0.155 e. The van der Waals surface area contributed by atoms with E-state index in [1.54, 1.807) is 6.20 Å². The molecule has 2 heterocycles. The monoisotopic (exact) mass is 218 g/mol. The molecule has 0 fully saturated rings. The summed E-state index contributed by atoms with van der Waals surface area (Å²) >= 11 is 0. The maximum atomic E-state index is 4.39. The van der Waals surface area contributed by atoms with Crippen molar-refractivity contribution in [2.75, 3.05) is 6.54 Å². The summed E-state index contributed by atoms with van der Waals surface area (Å²) in [5, 5.41) is 7.73. The van der Waals surface area contributed by atoms with Gasteiger partial charge in [-0.05, 0) is 26.8 Å². The maximum absolute atomic E-state index is 4.39. The molecule has 2 aromatic heterocycles. The molecule has 16 heavy (non-hydrogen) atoms. The van der Waals surface area contributed by atoms with Crippen LogP contribution in [0.25, 0.3) is 5.65 Å². The summed E-state index contributed by atoms with van der Waals surface area (Å²) in [5.41, 5.74) is 3.28. The van der Waals surface area contributed by atoms with Crippen LogP contribution in [0.5, 0.6) is 0 Å². The van der Waals surface area contributed by atoms with Gasteiger partial charge in [0.2, 0.25) is 0 Å². The molecule has 86 valence electrons. The number of nitrogens with zero attached hydrogens (tertiary/aromatic N) is 3. The average molecular weight is 218 g/mol. The molecule has 0 amide bonds. The minimum absolute atomic E-state index is 0.320. The molecule has 0 aromatic carbocycles. The Kier molecular flexibility index (Phi) is 3.19. The van der Waals surface area contributed by atoms with E-state index in [0.29, 0.717) is 6.04 Å². The molecule has 0 saturated carbocycles. The van der Waals surface area contributed by atoms with Crippen molar-refractivity contribution >= 4 is 5.65 Å². The summed E-state index contributed by atoms with van der Waals surface area (Å²) in [6.07, 6.45) is 4.86. The number of fused-ring (bicyclic) bond motifs is 1. The summed E-state index contributed by atoms with van der Waals surface area (Å²) in [6.45, 7) is 7.44. The molecule has 1 unspecified atom stereocenters. The molecule has 2 aromatic rings. The quantitative estimate of drug-likeness (QED) is 0.854. The average Bonchev–Trinajstić information content (AvgIpc) is 2.75. The van der Waals surface area contributed by atoms with Gasteiger partial charge in [-0.1, -0.05) is 6.92 Å². The van der Waals surface area contributed by atoms with E-state index in [0.717, 1.165) is 24.3 Å². The Morgan fingerprint density at radius 2 is 2.31 bits per heavy atom. The zero-order valence-corrected chi connectivity index (χ0v) is 10.1. The number of hydrogen-bond acceptors (Lipinski definition) is 3. The first kappa shape index (κ1) is 11.1. The lowest BCUT2D eigenvalue weighted by molar-refractivity contribution is 0.562. The van der Waals surface area contributed by atoms with Gasteiger partial charge in [0.25, 0.3) is 0 Å². The molecule has 0 spiro atoms. The third-order valence-corrected chi connectivity index (χ3v) is 2.86. The molecule has 0 radical (unpaired) electrons. The summed E-state index contributed by atoms with van der Waals surface area (Å²) in [7, 11) is 0. The zero-order valence-electron chi connectivity index (χ0n) is 10.1. The first-order valence-electron chi connectivity index (χ1n) is 5.76. The van der Waals surface area contributed by atoms with Crippen molar-refractivity contribution in [2.24, 2.45) is 0 Å². The Balaban J connectivity index is 2.33. The van der Waals surface area contributed by atoms with Gasteiger partial charge in [-0.2, -0.15) is 5.10 Å². The fourth-order valence-corrected chi connectivity index (χ4v) is 1.90. The van der Waals surface area contributed by atoms with Gasteiger partial charge in [0.05, 0.1) is 6.20 Å². The van der Waals surface area contributed by atoms with E-state index in [9.17, 15) is 0 Å². The Morgan fingerprint density at radius 1 is 1.50 bits per heavy atom. The lowest BCUT2D eigenvalue weighted by Crippen LogP contribution is -2.21. The summed E-state index contributed by atoms with van der Waals surface area (Å²) in [5.74, 6) is 0. The van der Waals surface area contributed by atoms with E-state index in [2.05, 4.69) is 36.2 Å². The van der Waals surface area contributed by atoms with E-state index in [1.165, 1.54) is 5.56 Å². The van der Waals surface area contributed by atoms with Gasteiger partial charge in [-0.15, -0.1) is 0 Å². The zero-order chi connectivity index (χ0) is 11.5. The molecule has 0 bridgehead atoms. The second-order valence-corrected chi connectivity index (χ2v) is 4.08. The standard InChI is InChI=1S/C12H18N4/c1-4-6-13-9(2)11-8-14-12-5-7-15-16(12)10(11)3/h5,7-9,13H,4,6H2,1-3H3. The van der Waals surface area contributed by atoms with Crippen molar-refractivity contribution in [1.29, 1.82) is 0 Å². The van der Waals surface area contributed by atoms with Crippen molar-refractivity contribution in [3.8, 4) is 0 Å². The maximum Gasteiger partial charge on any atom is 0.155 e. The highest BCUT2D eigenvalue weighted by molar-refractivity contribution is 5.39. The predicted molar refractivity (Wildman–Crippen MR) is 64.4 cm³/mol. The van der Waals surface area contributed by atoms with Crippen LogP contribution in [0.4, 0.5) is 0 Å². The molecule has 0 aliphatic carbocycles. The van der Waals surface area contributed by atoms with Gasteiger partial charge in [-0.25, -0.2) is 9.50 Å². The number of aryl methyl sites for hydroxylation is 1. The van der Waals surface area contributed by atoms with Crippen LogP contribution >= 0.6 is 0 Å². The van der Waals surface area contributed by atoms with E-state index >= 15 is 0 Å². The largest absolute Gasteiger partial charge is 0.310 e. The Morgan fingerprint density at radius 3 is 3.06 bits per heavy atom. The fourth-order valence-electron chi connectivity index (χ4n) is 1.90. The van der Waals surface area contributed by atoms with E-state index in [-0.39, 0.29) is 0 Å². The van der Waals surface area contributed by atoms with E-state index in [4.69, 9.17) is 0 Å². The number of aromatic nitrogens is 3. The van der Waals surface area contributed by atoms with Crippen LogP contribution in [0, 0.1) is 6.92 Å². The van der Waals surface area contributed by atoms with Crippen LogP contribution in [-0.2, 0) is 0 Å². The summed E-state index contributed by atoms with van der Waals surface area (Å²) < 4.78 is 1.89. The molecule has 0 saturated heterocycles. The van der Waals surface area contributed by atoms with E-state index < -0.39 is 0 Å². The van der Waals surface area contributed by atoms with Crippen LogP contribution in [-0.4, -0.2) is 21.1 Å². The fraction of sp³-hybridized carbons (Fsp3) is 0.500. The van der Waals surface area contributed by atoms with Crippen molar-refractivity contribution in [3.05, 3.63) is 29.7 Å². The molecule has 1 N–H and O–H groups in total. The molecular weight excluding hydrogens is 200 g/mol. The SMILES string of the molecule is CCCNC(C)c1cnc2ccnn2c1C. The van der Waals surface area contributed by atoms with Crippen LogP contribution in [0.2, 0.25) is 0 Å². The second-order valence-electron chi connectivity index (χ2n) is 4.08. The number of hydrogen-bond donors (Lipinski definition) is 1. The summed E-state index contributed by atoms with van der Waals surface area (Å²) in [4.78, 5) is 4.39. The first-order valence-corrected chi connectivity index (χ1v) is 5.76. The minimum Gasteiger partial charge on any atom is -0.310 e. The van der Waals surface area contributed by atoms with Crippen molar-refractivity contribution in [3.63, 3.8) is 0 Å². The summed E-state index contributed by atoms with van der Waals surface area (Å²) in [6, 6.07) is 2.24. The number of rotatable bonds is 4. The van der Waals surface area contributed by atoms with Crippen molar-refractivity contribution < 1.29 is 0 Å². The normalized spacial score (nSPS) is 13.2. The number of nitrogens with one attached hydrogen (secondary N) is 1. The third kappa shape index (κ3) is 1.93. The van der Waals surface area contributed by atoms with Crippen LogP contribution in [0.15, 0.2) is 18.5 Å². The molecule has 0 aliphatic rings. The second kappa shape index (κ2) is 4.61. The highest BCUT2D eigenvalue weighted by atomic mass is 15.2. The Hall–Kier alpha value is -1.42. The first-order chi connectivity index (χ1) is 7.74. The van der Waals surface area contributed by atoms with Gasteiger partial charge in [0.1, 0.15) is 0 Å². The van der Waals surface area contributed by atoms with Crippen LogP contribution in [0.3, 0.4) is 0 Å². The topological polar surface area (TPSA) is 42.2 Å². The van der Waals surface area contributed by atoms with Gasteiger partial charge in [-0.3, -0.25) is 0 Å². The molecule has 1 atom stereocenters. The predicted octanol–water partition coefficient (Wildman–Crippen LogP) is 2.10. The van der Waals surface area contributed by atoms with Gasteiger partial charge < -0.3 is 5.32 Å². The molecule has 2 rings (SSSR count). The molecule has 4 nitrogen and oxygen atoms in total. The lowest BCUT2D eigenvalue weighted by atomic mass is 10.1. The molecular formula is C12H18N4. The van der Waals surface area contributed by atoms with Crippen LogP contribution in [0.1, 0.15) is 37.6 Å². The highest BCUT2D eigenvalue weighted by Gasteiger charge is 2.11. The van der Waals surface area contributed by atoms with Gasteiger partial charge in [0, 0.05) is 29.6 Å². The van der Waals surface area contributed by atoms with Gasteiger partial charge in [0.15, 0.2) is 5.65 Å². The molecule has 4 heteroatoms.